The van der Waals surface area contributed by atoms with Crippen molar-refractivity contribution in [1.29, 1.82) is 0 Å². The summed E-state index contributed by atoms with van der Waals surface area (Å²) in [5, 5.41) is 2.03. The lowest BCUT2D eigenvalue weighted by Crippen LogP contribution is -2.36. The lowest BCUT2D eigenvalue weighted by Gasteiger charge is -2.22. The summed E-state index contributed by atoms with van der Waals surface area (Å²) in [6, 6.07) is 4.05. The van der Waals surface area contributed by atoms with E-state index in [9.17, 15) is 4.79 Å². The van der Waals surface area contributed by atoms with Gasteiger partial charge in [0.25, 0.3) is 0 Å². The van der Waals surface area contributed by atoms with Crippen molar-refractivity contribution in [2.75, 3.05) is 26.2 Å². The summed E-state index contributed by atoms with van der Waals surface area (Å²) in [7, 11) is 0. The maximum atomic E-state index is 12.4. The third kappa shape index (κ3) is 4.20. The van der Waals surface area contributed by atoms with E-state index in [1.54, 1.807) is 11.3 Å². The van der Waals surface area contributed by atoms with Gasteiger partial charge in [-0.05, 0) is 24.8 Å². The van der Waals surface area contributed by atoms with Crippen LogP contribution < -0.4 is 0 Å². The maximum absolute atomic E-state index is 12.4. The molecule has 1 aliphatic rings. The van der Waals surface area contributed by atoms with Crippen LogP contribution in [0.2, 0.25) is 0 Å². The first-order chi connectivity index (χ1) is 11.3. The van der Waals surface area contributed by atoms with E-state index in [1.165, 1.54) is 0 Å². The van der Waals surface area contributed by atoms with Gasteiger partial charge in [0.1, 0.15) is 5.82 Å². The molecule has 0 saturated carbocycles. The van der Waals surface area contributed by atoms with Gasteiger partial charge in [0.2, 0.25) is 5.91 Å². The van der Waals surface area contributed by atoms with Crippen LogP contribution in [0.5, 0.6) is 0 Å². The van der Waals surface area contributed by atoms with E-state index in [4.69, 9.17) is 0 Å². The van der Waals surface area contributed by atoms with Gasteiger partial charge in [0.05, 0.1) is 13.0 Å². The molecule has 0 unspecified atom stereocenters. The van der Waals surface area contributed by atoms with Gasteiger partial charge in [-0.25, -0.2) is 4.98 Å². The van der Waals surface area contributed by atoms with Gasteiger partial charge in [-0.2, -0.15) is 0 Å². The second kappa shape index (κ2) is 7.75. The predicted molar refractivity (Wildman–Crippen MR) is 92.4 cm³/mol. The van der Waals surface area contributed by atoms with E-state index in [1.807, 2.05) is 34.8 Å². The van der Waals surface area contributed by atoms with Crippen molar-refractivity contribution < 1.29 is 4.79 Å². The van der Waals surface area contributed by atoms with Crippen LogP contribution in [0.1, 0.15) is 24.0 Å². The van der Waals surface area contributed by atoms with E-state index in [0.29, 0.717) is 6.42 Å². The third-order valence-electron chi connectivity index (χ3n) is 4.35. The van der Waals surface area contributed by atoms with Crippen molar-refractivity contribution in [2.45, 2.75) is 32.9 Å². The second-order valence-electron chi connectivity index (χ2n) is 5.90. The quantitative estimate of drug-likeness (QED) is 0.843. The first-order valence-electron chi connectivity index (χ1n) is 8.28. The molecular formula is C17H24N4OS. The number of aromatic nitrogens is 2. The molecule has 0 radical (unpaired) electrons. The molecule has 0 spiro atoms. The Bertz CT molecular complexity index is 622. The number of imidazole rings is 1. The van der Waals surface area contributed by atoms with Gasteiger partial charge in [0.15, 0.2) is 0 Å². The molecule has 1 saturated heterocycles. The van der Waals surface area contributed by atoms with Crippen LogP contribution in [0.4, 0.5) is 0 Å². The number of carbonyl (C=O) groups is 1. The normalized spacial score (nSPS) is 16.5. The number of thiophene rings is 1. The SMILES string of the molecule is CCn1ccnc1CN1CCCN(C(=O)Cc2cccs2)CC1. The number of aryl methyl sites for hydroxylation is 1. The third-order valence-corrected chi connectivity index (χ3v) is 5.23. The van der Waals surface area contributed by atoms with Crippen LogP contribution in [-0.4, -0.2) is 51.4 Å². The largest absolute Gasteiger partial charge is 0.341 e. The highest BCUT2D eigenvalue weighted by Crippen LogP contribution is 2.13. The van der Waals surface area contributed by atoms with Crippen LogP contribution >= 0.6 is 11.3 Å². The minimum absolute atomic E-state index is 0.254. The first kappa shape index (κ1) is 16.2. The number of carbonyl (C=O) groups excluding carboxylic acids is 1. The first-order valence-corrected chi connectivity index (χ1v) is 9.16. The van der Waals surface area contributed by atoms with Crippen LogP contribution in [0.15, 0.2) is 29.9 Å². The summed E-state index contributed by atoms with van der Waals surface area (Å²) in [4.78, 5) is 22.5. The Balaban J connectivity index is 1.53. The molecule has 3 heterocycles. The van der Waals surface area contributed by atoms with Gasteiger partial charge in [0, 0.05) is 50.0 Å². The Morgan fingerprint density at radius 3 is 3.00 bits per heavy atom. The summed E-state index contributed by atoms with van der Waals surface area (Å²) in [6.07, 6.45) is 5.47. The fourth-order valence-corrected chi connectivity index (χ4v) is 3.73. The van der Waals surface area contributed by atoms with Gasteiger partial charge < -0.3 is 9.47 Å². The van der Waals surface area contributed by atoms with E-state index in [0.717, 1.165) is 56.4 Å². The minimum atomic E-state index is 0.254. The Labute approximate surface area is 141 Å². The fraction of sp³-hybridized carbons (Fsp3) is 0.529. The average Bonchev–Trinajstić information content (AvgIpc) is 3.15. The summed E-state index contributed by atoms with van der Waals surface area (Å²) < 4.78 is 2.19. The molecule has 2 aromatic rings. The van der Waals surface area contributed by atoms with Gasteiger partial charge in [-0.15, -0.1) is 11.3 Å². The monoisotopic (exact) mass is 332 g/mol. The van der Waals surface area contributed by atoms with Crippen molar-refractivity contribution in [3.05, 3.63) is 40.6 Å². The summed E-state index contributed by atoms with van der Waals surface area (Å²) in [5.41, 5.74) is 0. The van der Waals surface area contributed by atoms with Gasteiger partial charge in [-0.3, -0.25) is 9.69 Å². The topological polar surface area (TPSA) is 41.4 Å². The molecule has 0 aliphatic carbocycles. The number of rotatable bonds is 5. The van der Waals surface area contributed by atoms with Crippen LogP contribution in [0, 0.1) is 0 Å². The van der Waals surface area contributed by atoms with E-state index in [-0.39, 0.29) is 5.91 Å². The maximum Gasteiger partial charge on any atom is 0.227 e. The Morgan fingerprint density at radius 1 is 1.30 bits per heavy atom. The molecule has 23 heavy (non-hydrogen) atoms. The molecule has 0 N–H and O–H groups in total. The molecule has 0 atom stereocenters. The molecule has 2 aromatic heterocycles. The lowest BCUT2D eigenvalue weighted by atomic mass is 10.3. The molecule has 6 heteroatoms. The second-order valence-corrected chi connectivity index (χ2v) is 6.93. The van der Waals surface area contributed by atoms with Crippen molar-refractivity contribution in [1.82, 2.24) is 19.4 Å². The van der Waals surface area contributed by atoms with Gasteiger partial charge in [-0.1, -0.05) is 6.07 Å². The number of hydrogen-bond donors (Lipinski definition) is 0. The van der Waals surface area contributed by atoms with Crippen molar-refractivity contribution >= 4 is 17.2 Å². The van der Waals surface area contributed by atoms with Crippen molar-refractivity contribution in [2.24, 2.45) is 0 Å². The minimum Gasteiger partial charge on any atom is -0.341 e. The molecule has 1 amide bonds. The average molecular weight is 332 g/mol. The Hall–Kier alpha value is -1.66. The molecule has 3 rings (SSSR count). The lowest BCUT2D eigenvalue weighted by molar-refractivity contribution is -0.130. The summed E-state index contributed by atoms with van der Waals surface area (Å²) in [5.74, 6) is 1.37. The van der Waals surface area contributed by atoms with E-state index < -0.39 is 0 Å². The number of nitrogens with zero attached hydrogens (tertiary/aromatic N) is 4. The zero-order chi connectivity index (χ0) is 16.1. The molecule has 0 bridgehead atoms. The van der Waals surface area contributed by atoms with Crippen LogP contribution in [-0.2, 0) is 24.3 Å². The van der Waals surface area contributed by atoms with Crippen LogP contribution in [0.3, 0.4) is 0 Å². The highest BCUT2D eigenvalue weighted by atomic mass is 32.1. The fourth-order valence-electron chi connectivity index (χ4n) is 3.03. The van der Waals surface area contributed by atoms with Crippen molar-refractivity contribution in [3.8, 4) is 0 Å². The highest BCUT2D eigenvalue weighted by Gasteiger charge is 2.20. The molecule has 5 nitrogen and oxygen atoms in total. The molecular weight excluding hydrogens is 308 g/mol. The molecule has 124 valence electrons. The standard InChI is InChI=1S/C17H24N4OS/c1-2-20-9-6-18-16(20)14-19-7-4-8-21(11-10-19)17(22)13-15-5-3-12-23-15/h3,5-6,9,12H,2,4,7-8,10-11,13-14H2,1H3. The van der Waals surface area contributed by atoms with Crippen molar-refractivity contribution in [3.63, 3.8) is 0 Å². The predicted octanol–water partition coefficient (Wildman–Crippen LogP) is 2.24. The Morgan fingerprint density at radius 2 is 2.22 bits per heavy atom. The van der Waals surface area contributed by atoms with Gasteiger partial charge >= 0.3 is 0 Å². The Kier molecular flexibility index (Phi) is 5.46. The summed E-state index contributed by atoms with van der Waals surface area (Å²) >= 11 is 1.66. The molecule has 0 aromatic carbocycles. The zero-order valence-electron chi connectivity index (χ0n) is 13.6. The van der Waals surface area contributed by atoms with E-state index in [2.05, 4.69) is 21.4 Å². The smallest absolute Gasteiger partial charge is 0.227 e. The molecule has 1 aliphatic heterocycles. The summed E-state index contributed by atoms with van der Waals surface area (Å²) in [6.45, 7) is 7.59. The zero-order valence-corrected chi connectivity index (χ0v) is 14.5. The highest BCUT2D eigenvalue weighted by molar-refractivity contribution is 7.10. The van der Waals surface area contributed by atoms with Crippen LogP contribution in [0.25, 0.3) is 0 Å². The number of amides is 1. The van der Waals surface area contributed by atoms with E-state index >= 15 is 0 Å². The number of hydrogen-bond acceptors (Lipinski definition) is 4. The molecule has 1 fully saturated rings.